The normalized spacial score (nSPS) is 31.5. The first-order valence-corrected chi connectivity index (χ1v) is 7.78. The zero-order valence-electron chi connectivity index (χ0n) is 12.7. The summed E-state index contributed by atoms with van der Waals surface area (Å²) >= 11 is 0. The molecule has 118 valence electrons. The Hall–Kier alpha value is -1.43. The summed E-state index contributed by atoms with van der Waals surface area (Å²) < 4.78 is 0. The summed E-state index contributed by atoms with van der Waals surface area (Å²) in [5.41, 5.74) is 0. The molecule has 4 unspecified atom stereocenters. The summed E-state index contributed by atoms with van der Waals surface area (Å²) in [5, 5.41) is 12.3. The molecule has 2 amide bonds. The van der Waals surface area contributed by atoms with Crippen molar-refractivity contribution in [2.45, 2.75) is 70.5 Å². The van der Waals surface area contributed by atoms with Crippen molar-refractivity contribution < 1.29 is 19.5 Å². The molecule has 0 spiro atoms. The van der Waals surface area contributed by atoms with Gasteiger partial charge in [0.05, 0.1) is 18.4 Å². The van der Waals surface area contributed by atoms with Crippen molar-refractivity contribution >= 4 is 17.8 Å². The average molecular weight is 296 g/mol. The van der Waals surface area contributed by atoms with Gasteiger partial charge >= 0.3 is 5.97 Å². The first kappa shape index (κ1) is 15.9. The molecule has 6 heteroatoms. The third-order valence-electron chi connectivity index (χ3n) is 4.67. The van der Waals surface area contributed by atoms with E-state index in [1.165, 1.54) is 4.90 Å². The van der Waals surface area contributed by atoms with Crippen LogP contribution >= 0.6 is 0 Å². The molecule has 0 aromatic rings. The molecular weight excluding hydrogens is 272 g/mol. The third-order valence-corrected chi connectivity index (χ3v) is 4.67. The zero-order valence-corrected chi connectivity index (χ0v) is 12.7. The van der Waals surface area contributed by atoms with Gasteiger partial charge in [0.1, 0.15) is 0 Å². The Labute approximate surface area is 124 Å². The number of carbonyl (C=O) groups is 3. The number of nitrogens with zero attached hydrogens (tertiary/aromatic N) is 1. The Bertz CT molecular complexity index is 437. The number of hydrogen-bond donors (Lipinski definition) is 2. The van der Waals surface area contributed by atoms with E-state index >= 15 is 0 Å². The molecule has 1 heterocycles. The fourth-order valence-electron chi connectivity index (χ4n) is 3.28. The lowest BCUT2D eigenvalue weighted by molar-refractivity contribution is -0.143. The quantitative estimate of drug-likeness (QED) is 0.743. The number of imide groups is 1. The minimum Gasteiger partial charge on any atom is -0.481 e. The molecule has 2 N–H and O–H groups in total. The highest BCUT2D eigenvalue weighted by atomic mass is 16.4. The lowest BCUT2D eigenvalue weighted by atomic mass is 9.85. The van der Waals surface area contributed by atoms with Gasteiger partial charge in [-0.05, 0) is 32.6 Å². The van der Waals surface area contributed by atoms with Crippen molar-refractivity contribution in [2.24, 2.45) is 5.92 Å². The number of nitrogens with one attached hydrogen (secondary N) is 1. The summed E-state index contributed by atoms with van der Waals surface area (Å²) in [5.74, 6) is -1.39. The van der Waals surface area contributed by atoms with E-state index < -0.39 is 12.0 Å². The molecule has 2 rings (SSSR count). The molecule has 4 atom stereocenters. The molecule has 1 aliphatic carbocycles. The third kappa shape index (κ3) is 3.43. The minimum atomic E-state index is -0.767. The van der Waals surface area contributed by atoms with Crippen molar-refractivity contribution in [3.05, 3.63) is 0 Å². The van der Waals surface area contributed by atoms with Crippen LogP contribution in [0.15, 0.2) is 0 Å². The maximum atomic E-state index is 12.3. The van der Waals surface area contributed by atoms with E-state index in [1.807, 2.05) is 13.8 Å². The Morgan fingerprint density at radius 2 is 2.14 bits per heavy atom. The van der Waals surface area contributed by atoms with Crippen molar-refractivity contribution in [2.75, 3.05) is 0 Å². The standard InChI is InChI=1S/C15H24N2O4/c1-3-9(2)17-13(18)8-12(14(17)19)16-11-6-4-5-10(7-11)15(20)21/h9-12,16H,3-8H2,1-2H3,(H,20,21). The van der Waals surface area contributed by atoms with Gasteiger partial charge in [0, 0.05) is 12.1 Å². The van der Waals surface area contributed by atoms with Crippen LogP contribution in [0.2, 0.25) is 0 Å². The first-order valence-electron chi connectivity index (χ1n) is 7.78. The number of carboxylic acids is 1. The highest BCUT2D eigenvalue weighted by Crippen LogP contribution is 2.26. The van der Waals surface area contributed by atoms with Crippen molar-refractivity contribution in [1.82, 2.24) is 10.2 Å². The van der Waals surface area contributed by atoms with E-state index in [-0.39, 0.29) is 36.2 Å². The van der Waals surface area contributed by atoms with Crippen LogP contribution in [-0.2, 0) is 14.4 Å². The van der Waals surface area contributed by atoms with Gasteiger partial charge in [-0.1, -0.05) is 13.3 Å². The smallest absolute Gasteiger partial charge is 0.306 e. The van der Waals surface area contributed by atoms with E-state index in [4.69, 9.17) is 5.11 Å². The average Bonchev–Trinajstić information content (AvgIpc) is 2.73. The number of amides is 2. The second-order valence-electron chi connectivity index (χ2n) is 6.18. The van der Waals surface area contributed by atoms with Crippen molar-refractivity contribution in [3.8, 4) is 0 Å². The van der Waals surface area contributed by atoms with E-state index in [0.717, 1.165) is 19.3 Å². The molecule has 0 aromatic carbocycles. The summed E-state index contributed by atoms with van der Waals surface area (Å²) in [7, 11) is 0. The van der Waals surface area contributed by atoms with Crippen LogP contribution in [-0.4, -0.2) is 45.9 Å². The molecule has 0 bridgehead atoms. The predicted molar refractivity (Wildman–Crippen MR) is 76.5 cm³/mol. The number of likely N-dealkylation sites (tertiary alicyclic amines) is 1. The summed E-state index contributed by atoms with van der Waals surface area (Å²) in [6.07, 6.45) is 3.89. The Balaban J connectivity index is 1.96. The van der Waals surface area contributed by atoms with Gasteiger partial charge in [0.25, 0.3) is 0 Å². The van der Waals surface area contributed by atoms with Crippen molar-refractivity contribution in [3.63, 3.8) is 0 Å². The van der Waals surface area contributed by atoms with Gasteiger partial charge in [-0.2, -0.15) is 0 Å². The Morgan fingerprint density at radius 3 is 2.76 bits per heavy atom. The number of carboxylic acid groups (broad SMARTS) is 1. The van der Waals surface area contributed by atoms with Gasteiger partial charge in [-0.15, -0.1) is 0 Å². The lowest BCUT2D eigenvalue weighted by Crippen LogP contribution is -2.47. The van der Waals surface area contributed by atoms with Crippen LogP contribution in [0.25, 0.3) is 0 Å². The molecule has 21 heavy (non-hydrogen) atoms. The van der Waals surface area contributed by atoms with Crippen LogP contribution < -0.4 is 5.32 Å². The van der Waals surface area contributed by atoms with Crippen LogP contribution in [0.1, 0.15) is 52.4 Å². The minimum absolute atomic E-state index is 0.0125. The van der Waals surface area contributed by atoms with Gasteiger partial charge in [0.15, 0.2) is 0 Å². The molecule has 2 fully saturated rings. The second-order valence-corrected chi connectivity index (χ2v) is 6.18. The topological polar surface area (TPSA) is 86.7 Å². The molecule has 0 aromatic heterocycles. The van der Waals surface area contributed by atoms with Crippen LogP contribution in [0.5, 0.6) is 0 Å². The highest BCUT2D eigenvalue weighted by molar-refractivity contribution is 6.05. The molecule has 6 nitrogen and oxygen atoms in total. The number of hydrogen-bond acceptors (Lipinski definition) is 4. The summed E-state index contributed by atoms with van der Waals surface area (Å²) in [6, 6.07) is -0.544. The number of rotatable bonds is 5. The van der Waals surface area contributed by atoms with E-state index in [0.29, 0.717) is 12.8 Å². The van der Waals surface area contributed by atoms with Gasteiger partial charge in [-0.25, -0.2) is 0 Å². The molecule has 1 saturated carbocycles. The summed E-state index contributed by atoms with van der Waals surface area (Å²) in [6.45, 7) is 3.82. The van der Waals surface area contributed by atoms with E-state index in [9.17, 15) is 14.4 Å². The monoisotopic (exact) mass is 296 g/mol. The van der Waals surface area contributed by atoms with Gasteiger partial charge in [-0.3, -0.25) is 19.3 Å². The number of carbonyl (C=O) groups excluding carboxylic acids is 2. The highest BCUT2D eigenvalue weighted by Gasteiger charge is 2.42. The van der Waals surface area contributed by atoms with E-state index in [1.54, 1.807) is 0 Å². The molecule has 2 aliphatic rings. The molecular formula is C15H24N2O4. The summed E-state index contributed by atoms with van der Waals surface area (Å²) in [4.78, 5) is 36.7. The Morgan fingerprint density at radius 1 is 1.43 bits per heavy atom. The molecule has 1 aliphatic heterocycles. The van der Waals surface area contributed by atoms with E-state index in [2.05, 4.69) is 5.32 Å². The largest absolute Gasteiger partial charge is 0.481 e. The van der Waals surface area contributed by atoms with Gasteiger partial charge < -0.3 is 10.4 Å². The Kier molecular flexibility index (Phi) is 4.98. The second kappa shape index (κ2) is 6.56. The maximum Gasteiger partial charge on any atom is 0.306 e. The lowest BCUT2D eigenvalue weighted by Gasteiger charge is -2.29. The van der Waals surface area contributed by atoms with Crippen LogP contribution in [0, 0.1) is 5.92 Å². The fourth-order valence-corrected chi connectivity index (χ4v) is 3.28. The predicted octanol–water partition coefficient (Wildman–Crippen LogP) is 1.15. The SMILES string of the molecule is CCC(C)N1C(=O)CC(NC2CCCC(C(=O)O)C2)C1=O. The maximum absolute atomic E-state index is 12.3. The van der Waals surface area contributed by atoms with Crippen LogP contribution in [0.3, 0.4) is 0 Å². The van der Waals surface area contributed by atoms with Gasteiger partial charge in [0.2, 0.25) is 11.8 Å². The molecule has 1 saturated heterocycles. The zero-order chi connectivity index (χ0) is 15.6. The molecule has 0 radical (unpaired) electrons. The first-order chi connectivity index (χ1) is 9.93. The van der Waals surface area contributed by atoms with Crippen molar-refractivity contribution in [1.29, 1.82) is 0 Å². The number of aliphatic carboxylic acids is 1. The fraction of sp³-hybridized carbons (Fsp3) is 0.800. The van der Waals surface area contributed by atoms with Crippen LogP contribution in [0.4, 0.5) is 0 Å².